The molecule has 3 rings (SSSR count). The molecule has 0 atom stereocenters. The van der Waals surface area contributed by atoms with Crippen molar-refractivity contribution in [2.75, 3.05) is 17.2 Å². The van der Waals surface area contributed by atoms with Crippen LogP contribution in [0.4, 0.5) is 30.6 Å². The molecule has 2 heterocycles. The van der Waals surface area contributed by atoms with Crippen LogP contribution in [0.3, 0.4) is 0 Å². The first-order chi connectivity index (χ1) is 13.7. The van der Waals surface area contributed by atoms with Gasteiger partial charge < -0.3 is 15.7 Å². The number of halogens is 3. The van der Waals surface area contributed by atoms with E-state index in [1.807, 2.05) is 0 Å². The molecular weight excluding hydrogens is 387 g/mol. The average molecular weight is 403 g/mol. The number of aryl methyl sites for hydroxylation is 1. The van der Waals surface area contributed by atoms with E-state index in [2.05, 4.69) is 25.6 Å². The van der Waals surface area contributed by atoms with Gasteiger partial charge in [0.05, 0.1) is 17.0 Å². The lowest BCUT2D eigenvalue weighted by atomic mass is 10.1. The van der Waals surface area contributed by atoms with E-state index in [4.69, 9.17) is 5.11 Å². The highest BCUT2D eigenvalue weighted by atomic mass is 19.4. The number of carboxylic acid groups (broad SMARTS) is 1. The zero-order valence-corrected chi connectivity index (χ0v) is 15.2. The number of anilines is 3. The highest BCUT2D eigenvalue weighted by Gasteiger charge is 2.32. The third kappa shape index (κ3) is 5.18. The second kappa shape index (κ2) is 8.13. The van der Waals surface area contributed by atoms with Gasteiger partial charge in [0.25, 0.3) is 0 Å². The first-order valence-corrected chi connectivity index (χ1v) is 8.43. The number of carbonyl (C=O) groups is 1. The lowest BCUT2D eigenvalue weighted by molar-refractivity contribution is -0.138. The number of pyridine rings is 1. The standard InChI is InChI=1S/C19H16F3N5O2/c1-11-5-6-12(8-13(11)19(20,21)22)25-16-9-15(14-4-2-3-7-23-14)26-18(27-16)24-10-17(28)29/h2-9H,10H2,1H3,(H,28,29)(H2,24,25,26,27). The highest BCUT2D eigenvalue weighted by molar-refractivity contribution is 5.72. The van der Waals surface area contributed by atoms with E-state index in [-0.39, 0.29) is 23.0 Å². The maximum absolute atomic E-state index is 13.2. The summed E-state index contributed by atoms with van der Waals surface area (Å²) in [5.74, 6) is -0.925. The predicted octanol–water partition coefficient (Wildman–Crippen LogP) is 4.11. The molecule has 0 spiro atoms. The normalized spacial score (nSPS) is 11.2. The topological polar surface area (TPSA) is 100 Å². The number of nitrogens with one attached hydrogen (secondary N) is 2. The Morgan fingerprint density at radius 1 is 1.10 bits per heavy atom. The van der Waals surface area contributed by atoms with Crippen molar-refractivity contribution in [1.82, 2.24) is 15.0 Å². The lowest BCUT2D eigenvalue weighted by Gasteiger charge is -2.14. The Morgan fingerprint density at radius 2 is 1.90 bits per heavy atom. The third-order valence-corrected chi connectivity index (χ3v) is 3.87. The van der Waals surface area contributed by atoms with Gasteiger partial charge in [0.2, 0.25) is 5.95 Å². The summed E-state index contributed by atoms with van der Waals surface area (Å²) < 4.78 is 39.5. The molecule has 0 aliphatic heterocycles. The fourth-order valence-electron chi connectivity index (χ4n) is 2.54. The van der Waals surface area contributed by atoms with E-state index < -0.39 is 24.3 Å². The molecule has 0 amide bonds. The van der Waals surface area contributed by atoms with Crippen LogP contribution in [0.15, 0.2) is 48.7 Å². The van der Waals surface area contributed by atoms with Crippen molar-refractivity contribution in [2.45, 2.75) is 13.1 Å². The van der Waals surface area contributed by atoms with Crippen molar-refractivity contribution in [1.29, 1.82) is 0 Å². The number of hydrogen-bond donors (Lipinski definition) is 3. The van der Waals surface area contributed by atoms with Gasteiger partial charge in [-0.25, -0.2) is 4.98 Å². The van der Waals surface area contributed by atoms with Crippen LogP contribution in [0.1, 0.15) is 11.1 Å². The van der Waals surface area contributed by atoms with Crippen LogP contribution in [0, 0.1) is 6.92 Å². The van der Waals surface area contributed by atoms with E-state index in [0.717, 1.165) is 6.07 Å². The van der Waals surface area contributed by atoms with Crippen molar-refractivity contribution in [3.05, 3.63) is 59.8 Å². The zero-order chi connectivity index (χ0) is 21.0. The summed E-state index contributed by atoms with van der Waals surface area (Å²) in [6.07, 6.45) is -2.93. The molecule has 0 bridgehead atoms. The van der Waals surface area contributed by atoms with Crippen molar-refractivity contribution >= 4 is 23.4 Å². The minimum Gasteiger partial charge on any atom is -0.480 e. The Kier molecular flexibility index (Phi) is 5.62. The molecule has 1 aromatic carbocycles. The molecule has 0 radical (unpaired) electrons. The quantitative estimate of drug-likeness (QED) is 0.570. The molecular formula is C19H16F3N5O2. The second-order valence-corrected chi connectivity index (χ2v) is 6.08. The first-order valence-electron chi connectivity index (χ1n) is 8.43. The Bertz CT molecular complexity index is 1030. The molecule has 0 aliphatic rings. The van der Waals surface area contributed by atoms with Gasteiger partial charge >= 0.3 is 12.1 Å². The monoisotopic (exact) mass is 403 g/mol. The second-order valence-electron chi connectivity index (χ2n) is 6.08. The molecule has 7 nitrogen and oxygen atoms in total. The maximum Gasteiger partial charge on any atom is 0.416 e. The van der Waals surface area contributed by atoms with Crippen molar-refractivity contribution in [2.24, 2.45) is 0 Å². The number of alkyl halides is 3. The number of rotatable bonds is 6. The van der Waals surface area contributed by atoms with Gasteiger partial charge in [-0.05, 0) is 36.8 Å². The molecule has 0 saturated heterocycles. The molecule has 29 heavy (non-hydrogen) atoms. The predicted molar refractivity (Wildman–Crippen MR) is 101 cm³/mol. The number of hydrogen-bond acceptors (Lipinski definition) is 6. The highest BCUT2D eigenvalue weighted by Crippen LogP contribution is 2.34. The van der Waals surface area contributed by atoms with Gasteiger partial charge in [0.15, 0.2) is 0 Å². The van der Waals surface area contributed by atoms with Crippen molar-refractivity contribution < 1.29 is 23.1 Å². The van der Waals surface area contributed by atoms with Crippen molar-refractivity contribution in [3.8, 4) is 11.4 Å². The van der Waals surface area contributed by atoms with Crippen LogP contribution in [0.5, 0.6) is 0 Å². The summed E-state index contributed by atoms with van der Waals surface area (Å²) in [4.78, 5) is 23.3. The summed E-state index contributed by atoms with van der Waals surface area (Å²) >= 11 is 0. The van der Waals surface area contributed by atoms with Gasteiger partial charge in [-0.2, -0.15) is 18.2 Å². The lowest BCUT2D eigenvalue weighted by Crippen LogP contribution is -2.15. The maximum atomic E-state index is 13.2. The molecule has 10 heteroatoms. The van der Waals surface area contributed by atoms with E-state index in [9.17, 15) is 18.0 Å². The third-order valence-electron chi connectivity index (χ3n) is 3.87. The van der Waals surface area contributed by atoms with Gasteiger partial charge in [-0.1, -0.05) is 12.1 Å². The number of benzene rings is 1. The molecule has 3 aromatic rings. The first kappa shape index (κ1) is 20.1. The van der Waals surface area contributed by atoms with E-state index in [0.29, 0.717) is 11.4 Å². The average Bonchev–Trinajstić information content (AvgIpc) is 2.67. The summed E-state index contributed by atoms with van der Waals surface area (Å²) in [6, 6.07) is 10.5. The minimum absolute atomic E-state index is 0.00112. The molecule has 3 N–H and O–H groups in total. The van der Waals surface area contributed by atoms with Gasteiger partial charge in [0.1, 0.15) is 12.4 Å². The number of carboxylic acids is 1. The smallest absolute Gasteiger partial charge is 0.416 e. The molecule has 0 saturated carbocycles. The Balaban J connectivity index is 1.98. The van der Waals surface area contributed by atoms with Crippen LogP contribution in [0.25, 0.3) is 11.4 Å². The fourth-order valence-corrected chi connectivity index (χ4v) is 2.54. The number of aliphatic carboxylic acids is 1. The largest absolute Gasteiger partial charge is 0.480 e. The minimum atomic E-state index is -4.49. The summed E-state index contributed by atoms with van der Waals surface area (Å²) in [7, 11) is 0. The van der Waals surface area contributed by atoms with Crippen LogP contribution < -0.4 is 10.6 Å². The van der Waals surface area contributed by atoms with Crippen LogP contribution in [0.2, 0.25) is 0 Å². The van der Waals surface area contributed by atoms with Gasteiger partial charge in [-0.3, -0.25) is 9.78 Å². The van der Waals surface area contributed by atoms with Crippen molar-refractivity contribution in [3.63, 3.8) is 0 Å². The van der Waals surface area contributed by atoms with Gasteiger partial charge in [-0.15, -0.1) is 0 Å². The fraction of sp³-hybridized carbons (Fsp3) is 0.158. The summed E-state index contributed by atoms with van der Waals surface area (Å²) in [6.45, 7) is 0.957. The number of aromatic nitrogens is 3. The number of nitrogens with zero attached hydrogens (tertiary/aromatic N) is 3. The molecule has 150 valence electrons. The molecule has 0 unspecified atom stereocenters. The Morgan fingerprint density at radius 3 is 2.55 bits per heavy atom. The Hall–Kier alpha value is -3.69. The molecule has 2 aromatic heterocycles. The van der Waals surface area contributed by atoms with Gasteiger partial charge in [0, 0.05) is 18.0 Å². The molecule has 0 fully saturated rings. The Labute approximate surface area is 163 Å². The molecule has 0 aliphatic carbocycles. The van der Waals surface area contributed by atoms with E-state index >= 15 is 0 Å². The van der Waals surface area contributed by atoms with E-state index in [1.165, 1.54) is 25.1 Å². The van der Waals surface area contributed by atoms with Crippen LogP contribution in [-0.4, -0.2) is 32.6 Å². The summed E-state index contributed by atoms with van der Waals surface area (Å²) in [5.41, 5.74) is 0.391. The van der Waals surface area contributed by atoms with Crippen LogP contribution in [-0.2, 0) is 11.0 Å². The van der Waals surface area contributed by atoms with E-state index in [1.54, 1.807) is 24.4 Å². The summed E-state index contributed by atoms with van der Waals surface area (Å²) in [5, 5.41) is 14.2. The van der Waals surface area contributed by atoms with Crippen LogP contribution >= 0.6 is 0 Å². The zero-order valence-electron chi connectivity index (χ0n) is 15.2. The SMILES string of the molecule is Cc1ccc(Nc2cc(-c3ccccn3)nc(NCC(=O)O)n2)cc1C(F)(F)F.